The maximum absolute atomic E-state index is 6.25. The van der Waals surface area contributed by atoms with Gasteiger partial charge in [-0.1, -0.05) is 28.1 Å². The second kappa shape index (κ2) is 9.02. The first kappa shape index (κ1) is 22.7. The Morgan fingerprint density at radius 2 is 1.91 bits per heavy atom. The fourth-order valence-corrected chi connectivity index (χ4v) is 7.09. The van der Waals surface area contributed by atoms with Gasteiger partial charge in [-0.25, -0.2) is 15.0 Å². The molecule has 34 heavy (non-hydrogen) atoms. The van der Waals surface area contributed by atoms with Crippen molar-refractivity contribution in [1.82, 2.24) is 15.0 Å². The summed E-state index contributed by atoms with van der Waals surface area (Å²) in [5, 5.41) is 2.19. The van der Waals surface area contributed by atoms with Crippen LogP contribution in [0.4, 0.5) is 5.82 Å². The van der Waals surface area contributed by atoms with E-state index in [1.54, 1.807) is 29.4 Å². The molecule has 2 aliphatic rings. The fourth-order valence-electron chi connectivity index (χ4n) is 4.64. The molecule has 0 aliphatic carbocycles. The van der Waals surface area contributed by atoms with E-state index in [-0.39, 0.29) is 5.60 Å². The Labute approximate surface area is 215 Å². The minimum Gasteiger partial charge on any atom is -0.378 e. The van der Waals surface area contributed by atoms with Crippen LogP contribution in [0.5, 0.6) is 0 Å². The van der Waals surface area contributed by atoms with Crippen molar-refractivity contribution in [1.29, 1.82) is 0 Å². The summed E-state index contributed by atoms with van der Waals surface area (Å²) >= 11 is 6.99. The zero-order chi connectivity index (χ0) is 23.3. The molecule has 2 aliphatic heterocycles. The number of hydrogen-bond donors (Lipinski definition) is 0. The van der Waals surface area contributed by atoms with E-state index in [0.717, 1.165) is 68.8 Å². The van der Waals surface area contributed by atoms with Gasteiger partial charge in [0.25, 0.3) is 0 Å². The van der Waals surface area contributed by atoms with Crippen LogP contribution in [0.1, 0.15) is 30.5 Å². The molecule has 0 saturated carbocycles. The molecule has 5 heterocycles. The van der Waals surface area contributed by atoms with Gasteiger partial charge in [0.1, 0.15) is 22.0 Å². The summed E-state index contributed by atoms with van der Waals surface area (Å²) < 4.78 is 14.1. The molecule has 0 spiro atoms. The van der Waals surface area contributed by atoms with E-state index in [1.807, 2.05) is 0 Å². The molecule has 0 atom stereocenters. The topological polar surface area (TPSA) is 60.4 Å². The fraction of sp³-hybridized carbons (Fsp3) is 0.400. The van der Waals surface area contributed by atoms with Gasteiger partial charge in [0, 0.05) is 40.7 Å². The van der Waals surface area contributed by atoms with Gasteiger partial charge in [-0.2, -0.15) is 0 Å². The number of hydrogen-bond acceptors (Lipinski definition) is 8. The molecule has 0 N–H and O–H groups in total. The van der Waals surface area contributed by atoms with Gasteiger partial charge in [0.05, 0.1) is 35.6 Å². The standard InChI is InChI=1S/C25H25BrN4O2S2/c1-25(2)11-17-18(12-32-25)22(30-7-9-31-10-8-30)29-23-19(17)20-21(34-23)24(28-14-27-20)33-13-15-3-5-16(26)6-4-15/h3-6,14H,7-13H2,1-2H3. The average Bonchev–Trinajstić information content (AvgIpc) is 3.22. The SMILES string of the molecule is CC1(C)Cc2c(c(N3CCOCC3)nc3sc4c(SCc5ccc(Br)cc5)ncnc4c23)CO1. The Kier molecular flexibility index (Phi) is 6.01. The molecule has 0 unspecified atom stereocenters. The third-order valence-electron chi connectivity index (χ3n) is 6.37. The molecule has 6 nitrogen and oxygen atoms in total. The highest BCUT2D eigenvalue weighted by atomic mass is 79.9. The van der Waals surface area contributed by atoms with E-state index < -0.39 is 0 Å². The average molecular weight is 558 g/mol. The molecule has 4 aromatic rings. The molecule has 1 aromatic carbocycles. The summed E-state index contributed by atoms with van der Waals surface area (Å²) in [5.74, 6) is 1.91. The number of rotatable bonds is 4. The lowest BCUT2D eigenvalue weighted by atomic mass is 9.90. The van der Waals surface area contributed by atoms with E-state index in [2.05, 4.69) is 63.9 Å². The Morgan fingerprint density at radius 1 is 1.12 bits per heavy atom. The lowest BCUT2D eigenvalue weighted by Crippen LogP contribution is -2.39. The van der Waals surface area contributed by atoms with Crippen LogP contribution in [0.25, 0.3) is 20.4 Å². The van der Waals surface area contributed by atoms with Gasteiger partial charge >= 0.3 is 0 Å². The van der Waals surface area contributed by atoms with E-state index >= 15 is 0 Å². The number of pyridine rings is 1. The van der Waals surface area contributed by atoms with Crippen LogP contribution >= 0.6 is 39.0 Å². The van der Waals surface area contributed by atoms with Crippen molar-refractivity contribution >= 4 is 65.3 Å². The van der Waals surface area contributed by atoms with Crippen LogP contribution < -0.4 is 4.90 Å². The molecule has 1 saturated heterocycles. The second-order valence-corrected chi connectivity index (χ2v) is 12.1. The van der Waals surface area contributed by atoms with Gasteiger partial charge in [-0.15, -0.1) is 23.1 Å². The zero-order valence-corrected chi connectivity index (χ0v) is 22.4. The summed E-state index contributed by atoms with van der Waals surface area (Å²) in [6.45, 7) is 8.08. The van der Waals surface area contributed by atoms with Crippen molar-refractivity contribution in [2.75, 3.05) is 31.2 Å². The molecule has 1 fully saturated rings. The largest absolute Gasteiger partial charge is 0.378 e. The summed E-state index contributed by atoms with van der Waals surface area (Å²) in [6.07, 6.45) is 2.54. The Morgan fingerprint density at radius 3 is 2.71 bits per heavy atom. The third-order valence-corrected chi connectivity index (χ3v) is 9.17. The molecule has 0 radical (unpaired) electrons. The van der Waals surface area contributed by atoms with Crippen LogP contribution in [0, 0.1) is 0 Å². The molecule has 3 aromatic heterocycles. The number of morpholine rings is 1. The number of nitrogens with zero attached hydrogens (tertiary/aromatic N) is 4. The van der Waals surface area contributed by atoms with Crippen molar-refractivity contribution in [3.05, 3.63) is 51.8 Å². The molecule has 0 amide bonds. The lowest BCUT2D eigenvalue weighted by Gasteiger charge is -2.36. The quantitative estimate of drug-likeness (QED) is 0.226. The van der Waals surface area contributed by atoms with Crippen LogP contribution in [0.2, 0.25) is 0 Å². The predicted octanol–water partition coefficient (Wildman–Crippen LogP) is 5.98. The van der Waals surface area contributed by atoms with Crippen LogP contribution in [0.15, 0.2) is 40.1 Å². The summed E-state index contributed by atoms with van der Waals surface area (Å²) in [5.41, 5.74) is 4.60. The number of benzene rings is 1. The van der Waals surface area contributed by atoms with E-state index in [0.29, 0.717) is 6.61 Å². The maximum Gasteiger partial charge on any atom is 0.136 e. The molecule has 0 bridgehead atoms. The molecule has 9 heteroatoms. The van der Waals surface area contributed by atoms with E-state index in [1.165, 1.54) is 22.1 Å². The minimum absolute atomic E-state index is 0.218. The maximum atomic E-state index is 6.25. The van der Waals surface area contributed by atoms with Gasteiger partial charge in [0.2, 0.25) is 0 Å². The van der Waals surface area contributed by atoms with Crippen molar-refractivity contribution in [2.45, 2.75) is 43.3 Å². The first-order valence-corrected chi connectivity index (χ1v) is 14.0. The summed E-state index contributed by atoms with van der Waals surface area (Å²) in [4.78, 5) is 18.0. The minimum atomic E-state index is -0.218. The van der Waals surface area contributed by atoms with Crippen LogP contribution in [-0.2, 0) is 28.3 Å². The number of thioether (sulfide) groups is 1. The zero-order valence-electron chi connectivity index (χ0n) is 19.1. The summed E-state index contributed by atoms with van der Waals surface area (Å²) in [7, 11) is 0. The molecular weight excluding hydrogens is 532 g/mol. The Balaban J connectivity index is 1.47. The van der Waals surface area contributed by atoms with Crippen molar-refractivity contribution in [3.63, 3.8) is 0 Å². The normalized spacial score (nSPS) is 17.9. The van der Waals surface area contributed by atoms with Crippen molar-refractivity contribution in [2.24, 2.45) is 0 Å². The number of fused-ring (bicyclic) bond motifs is 5. The first-order valence-electron chi connectivity index (χ1n) is 11.4. The smallest absolute Gasteiger partial charge is 0.136 e. The first-order chi connectivity index (χ1) is 16.5. The van der Waals surface area contributed by atoms with Crippen LogP contribution in [-0.4, -0.2) is 46.9 Å². The van der Waals surface area contributed by atoms with E-state index in [4.69, 9.17) is 19.4 Å². The van der Waals surface area contributed by atoms with Gasteiger partial charge < -0.3 is 14.4 Å². The summed E-state index contributed by atoms with van der Waals surface area (Å²) in [6, 6.07) is 8.46. The monoisotopic (exact) mass is 556 g/mol. The number of anilines is 1. The van der Waals surface area contributed by atoms with Crippen molar-refractivity contribution < 1.29 is 9.47 Å². The highest BCUT2D eigenvalue weighted by Crippen LogP contribution is 2.44. The van der Waals surface area contributed by atoms with Gasteiger partial charge in [0.15, 0.2) is 0 Å². The number of aromatic nitrogens is 3. The third kappa shape index (κ3) is 4.22. The number of halogens is 1. The number of thiophene rings is 1. The predicted molar refractivity (Wildman–Crippen MR) is 142 cm³/mol. The van der Waals surface area contributed by atoms with Gasteiger partial charge in [-0.3, -0.25) is 0 Å². The highest BCUT2D eigenvalue weighted by molar-refractivity contribution is 9.10. The van der Waals surface area contributed by atoms with Crippen LogP contribution in [0.3, 0.4) is 0 Å². The highest BCUT2D eigenvalue weighted by Gasteiger charge is 2.33. The lowest BCUT2D eigenvalue weighted by molar-refractivity contribution is -0.0396. The molecule has 176 valence electrons. The molecular formula is C25H25BrN4O2S2. The number of ether oxygens (including phenoxy) is 2. The van der Waals surface area contributed by atoms with Crippen molar-refractivity contribution in [3.8, 4) is 0 Å². The van der Waals surface area contributed by atoms with Gasteiger partial charge in [-0.05, 0) is 37.1 Å². The Hall–Kier alpha value is -1.78. The second-order valence-electron chi connectivity index (χ2n) is 9.27. The molecule has 6 rings (SSSR count). The van der Waals surface area contributed by atoms with E-state index in [9.17, 15) is 0 Å². The Bertz CT molecular complexity index is 1370.